The number of anilines is 2. The van der Waals surface area contributed by atoms with Crippen molar-refractivity contribution in [3.8, 4) is 11.5 Å². The van der Waals surface area contributed by atoms with E-state index >= 15 is 0 Å². The van der Waals surface area contributed by atoms with Crippen LogP contribution in [0.1, 0.15) is 17.3 Å². The van der Waals surface area contributed by atoms with E-state index in [1.807, 2.05) is 6.92 Å². The van der Waals surface area contributed by atoms with Gasteiger partial charge in [0.05, 0.1) is 19.0 Å². The zero-order chi connectivity index (χ0) is 19.7. The fourth-order valence-corrected chi connectivity index (χ4v) is 4.21. The number of pyridine rings is 1. The summed E-state index contributed by atoms with van der Waals surface area (Å²) in [6, 6.07) is 6.58. The van der Waals surface area contributed by atoms with Gasteiger partial charge in [0.1, 0.15) is 5.82 Å². The van der Waals surface area contributed by atoms with Crippen LogP contribution < -0.4 is 10.0 Å². The van der Waals surface area contributed by atoms with Crippen LogP contribution >= 0.6 is 0 Å². The number of sulfonamides is 1. The molecule has 0 atom stereocenters. The summed E-state index contributed by atoms with van der Waals surface area (Å²) in [7, 11) is -3.65. The van der Waals surface area contributed by atoms with E-state index in [9.17, 15) is 23.4 Å². The quantitative estimate of drug-likeness (QED) is 0.431. The van der Waals surface area contributed by atoms with Gasteiger partial charge in [-0.25, -0.2) is 13.4 Å². The van der Waals surface area contributed by atoms with E-state index in [0.29, 0.717) is 13.2 Å². The highest BCUT2D eigenvalue weighted by molar-refractivity contribution is 7.92. The largest absolute Gasteiger partial charge is 0.504 e. The van der Waals surface area contributed by atoms with Crippen LogP contribution in [0.3, 0.4) is 0 Å². The third-order valence-corrected chi connectivity index (χ3v) is 5.55. The maximum atomic E-state index is 12.3. The average molecular weight is 393 g/mol. The zero-order valence-electron chi connectivity index (χ0n) is 14.5. The molecule has 4 N–H and O–H groups in total. The maximum absolute atomic E-state index is 12.3. The van der Waals surface area contributed by atoms with Gasteiger partial charge in [0.15, 0.2) is 11.5 Å². The topological polar surface area (TPSA) is 138 Å². The van der Waals surface area contributed by atoms with Crippen molar-refractivity contribution in [3.63, 3.8) is 0 Å². The number of carbonyl (C=O) groups excluding carboxylic acids is 1. The van der Waals surface area contributed by atoms with Crippen molar-refractivity contribution in [3.05, 3.63) is 42.1 Å². The molecule has 144 valence electrons. The minimum atomic E-state index is -3.65. The van der Waals surface area contributed by atoms with Crippen molar-refractivity contribution >= 4 is 27.4 Å². The first-order valence-corrected chi connectivity index (χ1v) is 9.69. The predicted molar refractivity (Wildman–Crippen MR) is 98.3 cm³/mol. The number of nitrogens with zero attached hydrogens (tertiary/aromatic N) is 1. The van der Waals surface area contributed by atoms with E-state index in [1.165, 1.54) is 36.5 Å². The van der Waals surface area contributed by atoms with Crippen LogP contribution in [0.15, 0.2) is 36.5 Å². The van der Waals surface area contributed by atoms with Gasteiger partial charge in [-0.1, -0.05) is 6.92 Å². The highest BCUT2D eigenvalue weighted by atomic mass is 32.2. The molecule has 2 aromatic rings. The van der Waals surface area contributed by atoms with Crippen molar-refractivity contribution in [1.29, 1.82) is 0 Å². The number of carbonyl (C=O) groups is 1. The van der Waals surface area contributed by atoms with Gasteiger partial charge in [-0.15, -0.1) is 0 Å². The summed E-state index contributed by atoms with van der Waals surface area (Å²) in [6.45, 7) is 2.58. The van der Waals surface area contributed by atoms with Gasteiger partial charge >= 0.3 is 0 Å². The smallest absolute Gasteiger partial charge is 0.255 e. The molecular weight excluding hydrogens is 374 g/mol. The summed E-state index contributed by atoms with van der Waals surface area (Å²) >= 11 is 0. The lowest BCUT2D eigenvalue weighted by molar-refractivity contribution is -0.0869. The molecule has 10 heteroatoms. The molecule has 1 aromatic carbocycles. The Labute approximate surface area is 156 Å². The number of ether oxygens (including phenoxy) is 1. The molecule has 0 bridgehead atoms. The van der Waals surface area contributed by atoms with Crippen LogP contribution in [0, 0.1) is 5.41 Å². The van der Waals surface area contributed by atoms with Crippen molar-refractivity contribution in [2.24, 2.45) is 5.41 Å². The number of phenols is 2. The Kier molecular flexibility index (Phi) is 4.94. The molecule has 2 heterocycles. The molecule has 3 rings (SSSR count). The van der Waals surface area contributed by atoms with Gasteiger partial charge < -0.3 is 20.3 Å². The lowest BCUT2D eigenvalue weighted by atomic mass is 9.92. The highest BCUT2D eigenvalue weighted by Gasteiger charge is 2.38. The van der Waals surface area contributed by atoms with Crippen molar-refractivity contribution < 1.29 is 28.2 Å². The number of rotatable bonds is 6. The molecule has 1 aliphatic rings. The van der Waals surface area contributed by atoms with Crippen LogP contribution in [0.4, 0.5) is 11.5 Å². The summed E-state index contributed by atoms with van der Waals surface area (Å²) < 4.78 is 32.0. The van der Waals surface area contributed by atoms with Crippen LogP contribution in [0.25, 0.3) is 0 Å². The third-order valence-electron chi connectivity index (χ3n) is 3.96. The normalized spacial score (nSPS) is 15.6. The standard InChI is InChI=1S/C17H19N3O6S/c1-17(8-26-9-17)10-27(24,25)20-15-6-11(4-5-18-15)16(23)19-12-2-3-13(21)14(22)7-12/h2-7,21-22H,8-10H2,1H3,(H,18,20)(H,19,23). The molecule has 0 unspecified atom stereocenters. The minimum Gasteiger partial charge on any atom is -0.504 e. The molecule has 1 saturated heterocycles. The SMILES string of the molecule is CC1(CS(=O)(=O)Nc2cc(C(=O)Nc3ccc(O)c(O)c3)ccn2)COC1. The highest BCUT2D eigenvalue weighted by Crippen LogP contribution is 2.29. The fourth-order valence-electron chi connectivity index (χ4n) is 2.62. The maximum Gasteiger partial charge on any atom is 0.255 e. The lowest BCUT2D eigenvalue weighted by Gasteiger charge is -2.37. The first-order chi connectivity index (χ1) is 12.7. The zero-order valence-corrected chi connectivity index (χ0v) is 15.3. The van der Waals surface area contributed by atoms with E-state index in [-0.39, 0.29) is 34.3 Å². The fraction of sp³-hybridized carbons (Fsp3) is 0.294. The van der Waals surface area contributed by atoms with Gasteiger partial charge in [0.25, 0.3) is 5.91 Å². The predicted octanol–water partition coefficient (Wildman–Crippen LogP) is 1.52. The summed E-state index contributed by atoms with van der Waals surface area (Å²) in [5, 5.41) is 21.3. The van der Waals surface area contributed by atoms with Crippen molar-refractivity contribution in [2.75, 3.05) is 29.0 Å². The molecule has 1 aromatic heterocycles. The Bertz CT molecular complexity index is 972. The first-order valence-electron chi connectivity index (χ1n) is 8.03. The number of aromatic nitrogens is 1. The summed E-state index contributed by atoms with van der Waals surface area (Å²) in [4.78, 5) is 16.3. The van der Waals surface area contributed by atoms with Gasteiger partial charge in [-0.05, 0) is 24.3 Å². The van der Waals surface area contributed by atoms with Crippen LogP contribution in [0.5, 0.6) is 11.5 Å². The van der Waals surface area contributed by atoms with Gasteiger partial charge in [0, 0.05) is 28.9 Å². The summed E-state index contributed by atoms with van der Waals surface area (Å²) in [5.74, 6) is -1.28. The molecule has 0 radical (unpaired) electrons. The van der Waals surface area contributed by atoms with Gasteiger partial charge in [-0.2, -0.15) is 0 Å². The Balaban J connectivity index is 1.70. The minimum absolute atomic E-state index is 0.0278. The van der Waals surface area contributed by atoms with Crippen molar-refractivity contribution in [2.45, 2.75) is 6.92 Å². The second kappa shape index (κ2) is 7.05. The number of amides is 1. The Hall–Kier alpha value is -2.85. The van der Waals surface area contributed by atoms with E-state index < -0.39 is 21.3 Å². The molecule has 1 amide bonds. The Morgan fingerprint density at radius 3 is 2.59 bits per heavy atom. The molecule has 0 saturated carbocycles. The second-order valence-corrected chi connectivity index (χ2v) is 8.47. The molecule has 9 nitrogen and oxygen atoms in total. The van der Waals surface area contributed by atoms with Gasteiger partial charge in [-0.3, -0.25) is 9.52 Å². The number of hydrogen-bond donors (Lipinski definition) is 4. The van der Waals surface area contributed by atoms with Crippen LogP contribution in [0.2, 0.25) is 0 Å². The van der Waals surface area contributed by atoms with Crippen LogP contribution in [-0.4, -0.2) is 48.5 Å². The Morgan fingerprint density at radius 2 is 1.96 bits per heavy atom. The number of phenolic OH excluding ortho intramolecular Hbond substituents is 2. The molecule has 0 aliphatic carbocycles. The summed E-state index contributed by atoms with van der Waals surface area (Å²) in [5.41, 5.74) is 0.0161. The van der Waals surface area contributed by atoms with E-state index in [0.717, 1.165) is 0 Å². The average Bonchev–Trinajstić information content (AvgIpc) is 2.56. The third kappa shape index (κ3) is 4.66. The molecule has 1 aliphatic heterocycles. The summed E-state index contributed by atoms with van der Waals surface area (Å²) in [6.07, 6.45) is 1.31. The molecule has 1 fully saturated rings. The van der Waals surface area contributed by atoms with Crippen LogP contribution in [-0.2, 0) is 14.8 Å². The second-order valence-electron chi connectivity index (χ2n) is 6.75. The number of benzene rings is 1. The molecule has 27 heavy (non-hydrogen) atoms. The number of hydrogen-bond acceptors (Lipinski definition) is 7. The van der Waals surface area contributed by atoms with E-state index in [2.05, 4.69) is 15.0 Å². The number of aromatic hydroxyl groups is 2. The molecular formula is C17H19N3O6S. The van der Waals surface area contributed by atoms with E-state index in [4.69, 9.17) is 4.74 Å². The lowest BCUT2D eigenvalue weighted by Crippen LogP contribution is -2.46. The first kappa shape index (κ1) is 18.9. The van der Waals surface area contributed by atoms with Crippen molar-refractivity contribution in [1.82, 2.24) is 4.98 Å². The van der Waals surface area contributed by atoms with E-state index in [1.54, 1.807) is 0 Å². The Morgan fingerprint density at radius 1 is 1.22 bits per heavy atom. The van der Waals surface area contributed by atoms with Gasteiger partial charge in [0.2, 0.25) is 10.0 Å². The molecule has 0 spiro atoms. The monoisotopic (exact) mass is 393 g/mol. The number of nitrogens with one attached hydrogen (secondary N) is 2.